The zero-order valence-electron chi connectivity index (χ0n) is 9.84. The van der Waals surface area contributed by atoms with Crippen LogP contribution in [0.15, 0.2) is 0 Å². The van der Waals surface area contributed by atoms with E-state index >= 15 is 0 Å². The molecule has 15 heavy (non-hydrogen) atoms. The van der Waals surface area contributed by atoms with Gasteiger partial charge in [0.1, 0.15) is 0 Å². The predicted molar refractivity (Wildman–Crippen MR) is 65.6 cm³/mol. The van der Waals surface area contributed by atoms with E-state index < -0.39 is 0 Å². The Labute approximate surface area is 96.1 Å². The van der Waals surface area contributed by atoms with Gasteiger partial charge >= 0.3 is 0 Å². The first-order chi connectivity index (χ1) is 7.20. The van der Waals surface area contributed by atoms with Crippen LogP contribution in [-0.4, -0.2) is 18.1 Å². The lowest BCUT2D eigenvalue weighted by Crippen LogP contribution is -2.43. The second kappa shape index (κ2) is 4.62. The lowest BCUT2D eigenvalue weighted by molar-refractivity contribution is 0.346. The van der Waals surface area contributed by atoms with Crippen molar-refractivity contribution in [3.63, 3.8) is 0 Å². The largest absolute Gasteiger partial charge is 0.316 e. The predicted octanol–water partition coefficient (Wildman–Crippen LogP) is 2.59. The molecule has 3 heteroatoms. The van der Waals surface area contributed by atoms with Gasteiger partial charge in [0, 0.05) is 11.3 Å². The lowest BCUT2D eigenvalue weighted by atomic mass is 10.0. The number of rotatable bonds is 4. The molecule has 2 nitrogen and oxygen atoms in total. The summed E-state index contributed by atoms with van der Waals surface area (Å²) in [5.74, 6) is 1.46. The standard InChI is InChI=1S/C12H20N2S/c1-4-10-12(8(2)3)15-11(14-10)5-9-6-13-7-9/h8-9,13H,4-7H2,1-3H3. The first-order valence-electron chi connectivity index (χ1n) is 5.89. The minimum absolute atomic E-state index is 0.630. The number of hydrogen-bond acceptors (Lipinski definition) is 3. The molecule has 0 atom stereocenters. The van der Waals surface area contributed by atoms with Crippen LogP contribution >= 0.6 is 11.3 Å². The highest BCUT2D eigenvalue weighted by Crippen LogP contribution is 2.28. The highest BCUT2D eigenvalue weighted by molar-refractivity contribution is 7.11. The van der Waals surface area contributed by atoms with Crippen molar-refractivity contribution in [3.05, 3.63) is 15.6 Å². The third kappa shape index (κ3) is 2.40. The molecule has 1 fully saturated rings. The van der Waals surface area contributed by atoms with Gasteiger partial charge < -0.3 is 5.32 Å². The van der Waals surface area contributed by atoms with E-state index in [0.29, 0.717) is 5.92 Å². The van der Waals surface area contributed by atoms with Gasteiger partial charge in [0.05, 0.1) is 10.7 Å². The van der Waals surface area contributed by atoms with Gasteiger partial charge in [0.25, 0.3) is 0 Å². The van der Waals surface area contributed by atoms with Gasteiger partial charge in [-0.1, -0.05) is 20.8 Å². The summed E-state index contributed by atoms with van der Waals surface area (Å²) in [6.07, 6.45) is 2.25. The highest BCUT2D eigenvalue weighted by Gasteiger charge is 2.20. The third-order valence-corrected chi connectivity index (χ3v) is 4.38. The number of thiazole rings is 1. The van der Waals surface area contributed by atoms with Gasteiger partial charge in [-0.3, -0.25) is 0 Å². The van der Waals surface area contributed by atoms with E-state index in [2.05, 4.69) is 26.1 Å². The summed E-state index contributed by atoms with van der Waals surface area (Å²) in [6, 6.07) is 0. The molecular weight excluding hydrogens is 204 g/mol. The number of aromatic nitrogens is 1. The van der Waals surface area contributed by atoms with E-state index in [9.17, 15) is 0 Å². The fourth-order valence-corrected chi connectivity index (χ4v) is 3.22. The maximum Gasteiger partial charge on any atom is 0.0934 e. The Bertz CT molecular complexity index is 326. The molecule has 1 aromatic heterocycles. The van der Waals surface area contributed by atoms with Gasteiger partial charge in [-0.25, -0.2) is 4.98 Å². The van der Waals surface area contributed by atoms with E-state index in [-0.39, 0.29) is 0 Å². The smallest absolute Gasteiger partial charge is 0.0934 e. The molecule has 1 aliphatic rings. The molecule has 0 aromatic carbocycles. The molecule has 0 aliphatic carbocycles. The Hall–Kier alpha value is -0.410. The molecular formula is C12H20N2S. The Kier molecular flexibility index (Phi) is 3.42. The van der Waals surface area contributed by atoms with E-state index in [0.717, 1.165) is 12.3 Å². The summed E-state index contributed by atoms with van der Waals surface area (Å²) >= 11 is 1.93. The van der Waals surface area contributed by atoms with Crippen molar-refractivity contribution in [1.29, 1.82) is 0 Å². The van der Waals surface area contributed by atoms with Crippen molar-refractivity contribution >= 4 is 11.3 Å². The van der Waals surface area contributed by atoms with Gasteiger partial charge in [-0.05, 0) is 31.3 Å². The third-order valence-electron chi connectivity index (χ3n) is 2.96. The van der Waals surface area contributed by atoms with Crippen molar-refractivity contribution in [3.8, 4) is 0 Å². The van der Waals surface area contributed by atoms with Gasteiger partial charge in [0.2, 0.25) is 0 Å². The van der Waals surface area contributed by atoms with Gasteiger partial charge in [-0.15, -0.1) is 11.3 Å². The van der Waals surface area contributed by atoms with Crippen LogP contribution in [0.3, 0.4) is 0 Å². The molecule has 2 rings (SSSR count). The number of aryl methyl sites for hydroxylation is 1. The Morgan fingerprint density at radius 2 is 2.20 bits per heavy atom. The average molecular weight is 224 g/mol. The maximum absolute atomic E-state index is 4.76. The van der Waals surface area contributed by atoms with E-state index in [1.54, 1.807) is 0 Å². The Morgan fingerprint density at radius 3 is 2.60 bits per heavy atom. The molecule has 2 heterocycles. The summed E-state index contributed by atoms with van der Waals surface area (Å²) < 4.78 is 0. The topological polar surface area (TPSA) is 24.9 Å². The second-order valence-corrected chi connectivity index (χ2v) is 5.77. The quantitative estimate of drug-likeness (QED) is 0.850. The van der Waals surface area contributed by atoms with Crippen LogP contribution in [0, 0.1) is 5.92 Å². The average Bonchev–Trinajstić information content (AvgIpc) is 2.54. The molecule has 0 radical (unpaired) electrons. The summed E-state index contributed by atoms with van der Waals surface area (Å²) in [4.78, 5) is 6.26. The fourth-order valence-electron chi connectivity index (χ4n) is 1.95. The molecule has 1 aliphatic heterocycles. The monoisotopic (exact) mass is 224 g/mol. The van der Waals surface area contributed by atoms with Crippen LogP contribution in [0.5, 0.6) is 0 Å². The summed E-state index contributed by atoms with van der Waals surface area (Å²) in [7, 11) is 0. The van der Waals surface area contributed by atoms with Gasteiger partial charge in [-0.2, -0.15) is 0 Å². The SMILES string of the molecule is CCc1nc(CC2CNC2)sc1C(C)C. The van der Waals surface area contributed by atoms with Crippen LogP contribution in [-0.2, 0) is 12.8 Å². The van der Waals surface area contributed by atoms with Crippen molar-refractivity contribution in [2.24, 2.45) is 5.92 Å². The first kappa shape index (κ1) is 11.1. The van der Waals surface area contributed by atoms with Crippen LogP contribution in [0.4, 0.5) is 0 Å². The number of nitrogens with zero attached hydrogens (tertiary/aromatic N) is 1. The number of nitrogens with one attached hydrogen (secondary N) is 1. The summed E-state index contributed by atoms with van der Waals surface area (Å²) in [5.41, 5.74) is 1.33. The van der Waals surface area contributed by atoms with Crippen LogP contribution in [0.25, 0.3) is 0 Å². The molecule has 0 spiro atoms. The van der Waals surface area contributed by atoms with E-state index in [1.807, 2.05) is 11.3 Å². The molecule has 1 saturated heterocycles. The fraction of sp³-hybridized carbons (Fsp3) is 0.750. The normalized spacial score (nSPS) is 17.1. The van der Waals surface area contributed by atoms with Gasteiger partial charge in [0.15, 0.2) is 0 Å². The molecule has 0 bridgehead atoms. The zero-order chi connectivity index (χ0) is 10.8. The van der Waals surface area contributed by atoms with Crippen molar-refractivity contribution in [2.45, 2.75) is 39.5 Å². The number of hydrogen-bond donors (Lipinski definition) is 1. The minimum atomic E-state index is 0.630. The Morgan fingerprint density at radius 1 is 1.47 bits per heavy atom. The first-order valence-corrected chi connectivity index (χ1v) is 6.71. The van der Waals surface area contributed by atoms with E-state index in [4.69, 9.17) is 4.98 Å². The summed E-state index contributed by atoms with van der Waals surface area (Å²) in [6.45, 7) is 9.09. The lowest BCUT2D eigenvalue weighted by Gasteiger charge is -2.25. The molecule has 1 aromatic rings. The minimum Gasteiger partial charge on any atom is -0.316 e. The molecule has 0 saturated carbocycles. The Balaban J connectivity index is 2.10. The van der Waals surface area contributed by atoms with Crippen LogP contribution in [0.2, 0.25) is 0 Å². The summed E-state index contributed by atoms with van der Waals surface area (Å²) in [5, 5.41) is 4.67. The van der Waals surface area contributed by atoms with Crippen molar-refractivity contribution in [1.82, 2.24) is 10.3 Å². The van der Waals surface area contributed by atoms with Crippen LogP contribution < -0.4 is 5.32 Å². The second-order valence-electron chi connectivity index (χ2n) is 4.66. The maximum atomic E-state index is 4.76. The van der Waals surface area contributed by atoms with E-state index in [1.165, 1.54) is 35.1 Å². The molecule has 84 valence electrons. The molecule has 0 unspecified atom stereocenters. The zero-order valence-corrected chi connectivity index (χ0v) is 10.7. The highest BCUT2D eigenvalue weighted by atomic mass is 32.1. The van der Waals surface area contributed by atoms with Crippen molar-refractivity contribution in [2.75, 3.05) is 13.1 Å². The van der Waals surface area contributed by atoms with Crippen LogP contribution in [0.1, 0.15) is 42.3 Å². The van der Waals surface area contributed by atoms with Crippen molar-refractivity contribution < 1.29 is 0 Å². The molecule has 0 amide bonds. The molecule has 1 N–H and O–H groups in total.